The highest BCUT2D eigenvalue weighted by Gasteiger charge is 2.30. The third kappa shape index (κ3) is 1.95. The molecular weight excluding hydrogens is 158 g/mol. The molecular formula is C8H15NO3. The summed E-state index contributed by atoms with van der Waals surface area (Å²) in [5.41, 5.74) is 0. The maximum absolute atomic E-state index is 11.2. The van der Waals surface area contributed by atoms with Crippen LogP contribution in [-0.2, 0) is 9.53 Å². The van der Waals surface area contributed by atoms with Gasteiger partial charge in [0.1, 0.15) is 0 Å². The van der Waals surface area contributed by atoms with Crippen molar-refractivity contribution in [1.29, 1.82) is 0 Å². The quantitative estimate of drug-likeness (QED) is 0.546. The number of rotatable bonds is 2. The highest BCUT2D eigenvalue weighted by atomic mass is 16.5. The van der Waals surface area contributed by atoms with Gasteiger partial charge in [-0.3, -0.25) is 4.79 Å². The van der Waals surface area contributed by atoms with E-state index >= 15 is 0 Å². The molecule has 0 radical (unpaired) electrons. The van der Waals surface area contributed by atoms with Crippen molar-refractivity contribution in [3.63, 3.8) is 0 Å². The summed E-state index contributed by atoms with van der Waals surface area (Å²) in [7, 11) is 1.39. The summed E-state index contributed by atoms with van der Waals surface area (Å²) in [6.45, 7) is 1.58. The molecule has 0 aromatic carbocycles. The number of methoxy groups -OCH3 is 1. The standard InChI is InChI=1S/C8H15NO3/c1-12-8(11)7-2-3-9-4-6(7)5-10/h6-7,9-10H,2-5H2,1H3/t6-,7+/m0/s1. The van der Waals surface area contributed by atoms with Gasteiger partial charge >= 0.3 is 5.97 Å². The van der Waals surface area contributed by atoms with Crippen LogP contribution in [0.1, 0.15) is 6.42 Å². The van der Waals surface area contributed by atoms with Gasteiger partial charge in [-0.25, -0.2) is 0 Å². The van der Waals surface area contributed by atoms with Crippen LogP contribution in [0.4, 0.5) is 0 Å². The molecule has 0 aliphatic carbocycles. The SMILES string of the molecule is COC(=O)[C@@H]1CCNC[C@H]1CO. The summed E-state index contributed by atoms with van der Waals surface area (Å²) in [5, 5.41) is 12.1. The minimum Gasteiger partial charge on any atom is -0.469 e. The lowest BCUT2D eigenvalue weighted by atomic mass is 9.87. The first-order valence-corrected chi connectivity index (χ1v) is 4.19. The van der Waals surface area contributed by atoms with E-state index in [4.69, 9.17) is 5.11 Å². The molecule has 0 bridgehead atoms. The number of piperidine rings is 1. The Morgan fingerprint density at radius 1 is 1.75 bits per heavy atom. The Morgan fingerprint density at radius 3 is 3.08 bits per heavy atom. The van der Waals surface area contributed by atoms with Gasteiger partial charge in [-0.05, 0) is 13.0 Å². The average molecular weight is 173 g/mol. The van der Waals surface area contributed by atoms with Gasteiger partial charge in [0.15, 0.2) is 0 Å². The molecule has 2 atom stereocenters. The minimum absolute atomic E-state index is 0.0196. The number of aliphatic hydroxyl groups is 1. The smallest absolute Gasteiger partial charge is 0.309 e. The van der Waals surface area contributed by atoms with Crippen molar-refractivity contribution >= 4 is 5.97 Å². The van der Waals surface area contributed by atoms with Crippen LogP contribution in [0.2, 0.25) is 0 Å². The highest BCUT2D eigenvalue weighted by molar-refractivity contribution is 5.72. The monoisotopic (exact) mass is 173 g/mol. The Labute approximate surface area is 71.9 Å². The second-order valence-corrected chi connectivity index (χ2v) is 3.07. The molecule has 4 heteroatoms. The Morgan fingerprint density at radius 2 is 2.50 bits per heavy atom. The van der Waals surface area contributed by atoms with Gasteiger partial charge in [-0.2, -0.15) is 0 Å². The minimum atomic E-state index is -0.199. The summed E-state index contributed by atoms with van der Waals surface area (Å²) in [5.74, 6) is -0.303. The molecule has 0 saturated carbocycles. The lowest BCUT2D eigenvalue weighted by Gasteiger charge is -2.28. The maximum atomic E-state index is 11.2. The molecule has 1 aliphatic heterocycles. The van der Waals surface area contributed by atoms with Gasteiger partial charge in [-0.1, -0.05) is 0 Å². The number of carbonyl (C=O) groups excluding carboxylic acids is 1. The average Bonchev–Trinajstić information content (AvgIpc) is 2.16. The largest absolute Gasteiger partial charge is 0.469 e. The van der Waals surface area contributed by atoms with Crippen molar-refractivity contribution in [1.82, 2.24) is 5.32 Å². The van der Waals surface area contributed by atoms with Crippen LogP contribution in [-0.4, -0.2) is 37.9 Å². The molecule has 0 spiro atoms. The maximum Gasteiger partial charge on any atom is 0.309 e. The third-order valence-corrected chi connectivity index (χ3v) is 2.35. The predicted molar refractivity (Wildman–Crippen MR) is 43.6 cm³/mol. The molecule has 2 N–H and O–H groups in total. The lowest BCUT2D eigenvalue weighted by molar-refractivity contribution is -0.149. The molecule has 4 nitrogen and oxygen atoms in total. The molecule has 0 aromatic heterocycles. The fraction of sp³-hybridized carbons (Fsp3) is 0.875. The first-order valence-electron chi connectivity index (χ1n) is 4.19. The van der Waals surface area contributed by atoms with E-state index in [1.807, 2.05) is 0 Å². The first-order chi connectivity index (χ1) is 5.79. The molecule has 1 aliphatic rings. The summed E-state index contributed by atoms with van der Waals surface area (Å²) >= 11 is 0. The van der Waals surface area contributed by atoms with Crippen molar-refractivity contribution < 1.29 is 14.6 Å². The number of hydrogen-bond donors (Lipinski definition) is 2. The highest BCUT2D eigenvalue weighted by Crippen LogP contribution is 2.19. The number of hydrogen-bond acceptors (Lipinski definition) is 4. The zero-order chi connectivity index (χ0) is 8.97. The van der Waals surface area contributed by atoms with Crippen LogP contribution < -0.4 is 5.32 Å². The van der Waals surface area contributed by atoms with Crippen LogP contribution >= 0.6 is 0 Å². The molecule has 12 heavy (non-hydrogen) atoms. The second-order valence-electron chi connectivity index (χ2n) is 3.07. The predicted octanol–water partition coefficient (Wildman–Crippen LogP) is -0.623. The van der Waals surface area contributed by atoms with Crippen molar-refractivity contribution in [2.75, 3.05) is 26.8 Å². The van der Waals surface area contributed by atoms with Crippen molar-refractivity contribution in [2.24, 2.45) is 11.8 Å². The number of ether oxygens (including phenoxy) is 1. The molecule has 1 saturated heterocycles. The van der Waals surface area contributed by atoms with Crippen LogP contribution in [0.3, 0.4) is 0 Å². The number of aliphatic hydroxyl groups excluding tert-OH is 1. The molecule has 1 heterocycles. The number of nitrogens with one attached hydrogen (secondary N) is 1. The van der Waals surface area contributed by atoms with Gasteiger partial charge < -0.3 is 15.2 Å². The summed E-state index contributed by atoms with van der Waals surface area (Å²) in [6, 6.07) is 0. The van der Waals surface area contributed by atoms with E-state index in [0.717, 1.165) is 13.0 Å². The van der Waals surface area contributed by atoms with Crippen molar-refractivity contribution in [3.8, 4) is 0 Å². The van der Waals surface area contributed by atoms with Crippen molar-refractivity contribution in [3.05, 3.63) is 0 Å². The fourth-order valence-electron chi connectivity index (χ4n) is 1.58. The van der Waals surface area contributed by atoms with E-state index in [1.54, 1.807) is 0 Å². The van der Waals surface area contributed by atoms with E-state index < -0.39 is 0 Å². The van der Waals surface area contributed by atoms with Gasteiger partial charge in [-0.15, -0.1) is 0 Å². The third-order valence-electron chi connectivity index (χ3n) is 2.35. The Kier molecular flexibility index (Phi) is 3.49. The van der Waals surface area contributed by atoms with E-state index in [0.29, 0.717) is 6.54 Å². The van der Waals surface area contributed by atoms with Gasteiger partial charge in [0, 0.05) is 19.1 Å². The van der Waals surface area contributed by atoms with Gasteiger partial charge in [0.2, 0.25) is 0 Å². The molecule has 0 unspecified atom stereocenters. The van der Waals surface area contributed by atoms with Gasteiger partial charge in [0.05, 0.1) is 13.0 Å². The van der Waals surface area contributed by atoms with E-state index in [1.165, 1.54) is 7.11 Å². The molecule has 1 rings (SSSR count). The summed E-state index contributed by atoms with van der Waals surface area (Å²) in [4.78, 5) is 11.2. The van der Waals surface area contributed by atoms with Crippen LogP contribution in [0.5, 0.6) is 0 Å². The van der Waals surface area contributed by atoms with Crippen LogP contribution in [0.25, 0.3) is 0 Å². The van der Waals surface area contributed by atoms with Crippen molar-refractivity contribution in [2.45, 2.75) is 6.42 Å². The lowest BCUT2D eigenvalue weighted by Crippen LogP contribution is -2.42. The molecule has 1 fully saturated rings. The zero-order valence-electron chi connectivity index (χ0n) is 7.25. The Balaban J connectivity index is 2.52. The molecule has 0 aromatic rings. The van der Waals surface area contributed by atoms with E-state index in [2.05, 4.69) is 10.1 Å². The normalized spacial score (nSPS) is 29.8. The topological polar surface area (TPSA) is 58.6 Å². The van der Waals surface area contributed by atoms with Crippen LogP contribution in [0, 0.1) is 11.8 Å². The van der Waals surface area contributed by atoms with Gasteiger partial charge in [0.25, 0.3) is 0 Å². The van der Waals surface area contributed by atoms with E-state index in [9.17, 15) is 4.79 Å². The summed E-state index contributed by atoms with van der Waals surface area (Å²) in [6.07, 6.45) is 0.762. The first kappa shape index (κ1) is 9.48. The van der Waals surface area contributed by atoms with Crippen LogP contribution in [0.15, 0.2) is 0 Å². The van der Waals surface area contributed by atoms with E-state index in [-0.39, 0.29) is 24.4 Å². The molecule has 70 valence electrons. The number of esters is 1. The summed E-state index contributed by atoms with van der Waals surface area (Å²) < 4.78 is 4.64. The second kappa shape index (κ2) is 4.42. The zero-order valence-corrected chi connectivity index (χ0v) is 7.25. The number of carbonyl (C=O) groups is 1. The molecule has 0 amide bonds. The Bertz CT molecular complexity index is 160. The Hall–Kier alpha value is -0.610. The fourth-order valence-corrected chi connectivity index (χ4v) is 1.58.